The number of aromatic amines is 1. The summed E-state index contributed by atoms with van der Waals surface area (Å²) in [6, 6.07) is 5.79. The van der Waals surface area contributed by atoms with E-state index in [1.54, 1.807) is 0 Å². The maximum Gasteiger partial charge on any atom is 0.389 e. The fourth-order valence-corrected chi connectivity index (χ4v) is 2.18. The molecule has 120 valence electrons. The molecule has 1 aromatic heterocycles. The fourth-order valence-electron chi connectivity index (χ4n) is 2.18. The highest BCUT2D eigenvalue weighted by molar-refractivity contribution is 5.78. The number of imidazole rings is 1. The van der Waals surface area contributed by atoms with E-state index in [9.17, 15) is 18.0 Å². The van der Waals surface area contributed by atoms with E-state index in [1.165, 1.54) is 11.9 Å². The molecular weight excluding hydrogens is 295 g/mol. The van der Waals surface area contributed by atoms with Gasteiger partial charge in [0.05, 0.1) is 17.5 Å². The van der Waals surface area contributed by atoms with Crippen molar-refractivity contribution in [3.05, 3.63) is 29.6 Å². The molecule has 0 spiro atoms. The molecule has 1 aromatic carbocycles. The van der Waals surface area contributed by atoms with Crippen molar-refractivity contribution >= 4 is 16.9 Å². The number of halogens is 3. The van der Waals surface area contributed by atoms with Gasteiger partial charge >= 0.3 is 6.18 Å². The third kappa shape index (κ3) is 4.22. The predicted octanol–water partition coefficient (Wildman–Crippen LogP) is 3.21. The van der Waals surface area contributed by atoms with Gasteiger partial charge in [-0.3, -0.25) is 4.79 Å². The Hall–Kier alpha value is -2.05. The topological polar surface area (TPSA) is 49.0 Å². The van der Waals surface area contributed by atoms with Gasteiger partial charge in [-0.15, -0.1) is 0 Å². The molecule has 1 heterocycles. The number of fused-ring (bicyclic) bond motifs is 1. The van der Waals surface area contributed by atoms with Crippen LogP contribution in [0.5, 0.6) is 0 Å². The number of nitrogens with one attached hydrogen (secondary N) is 1. The van der Waals surface area contributed by atoms with Crippen LogP contribution in [-0.4, -0.2) is 40.5 Å². The van der Waals surface area contributed by atoms with E-state index in [4.69, 9.17) is 0 Å². The summed E-state index contributed by atoms with van der Waals surface area (Å²) in [5, 5.41) is 0. The van der Waals surface area contributed by atoms with E-state index in [2.05, 4.69) is 9.97 Å². The Morgan fingerprint density at radius 2 is 2.09 bits per heavy atom. The first kappa shape index (κ1) is 16.3. The van der Waals surface area contributed by atoms with Crippen molar-refractivity contribution in [1.29, 1.82) is 0 Å². The largest absolute Gasteiger partial charge is 0.389 e. The molecule has 0 radical (unpaired) electrons. The molecule has 2 rings (SSSR count). The Bertz CT molecular complexity index is 664. The lowest BCUT2D eigenvalue weighted by Gasteiger charge is -2.16. The Balaban J connectivity index is 1.91. The van der Waals surface area contributed by atoms with Crippen LogP contribution >= 0.6 is 0 Å². The highest BCUT2D eigenvalue weighted by Gasteiger charge is 2.28. The van der Waals surface area contributed by atoms with Crippen molar-refractivity contribution in [1.82, 2.24) is 14.9 Å². The van der Waals surface area contributed by atoms with Crippen molar-refractivity contribution in [2.24, 2.45) is 0 Å². The molecule has 0 atom stereocenters. The number of nitrogens with zero attached hydrogens (tertiary/aromatic N) is 2. The molecule has 1 N–H and O–H groups in total. The van der Waals surface area contributed by atoms with Crippen molar-refractivity contribution in [2.45, 2.75) is 32.4 Å². The average molecular weight is 313 g/mol. The summed E-state index contributed by atoms with van der Waals surface area (Å²) in [5.74, 6) is 0.212. The second-order valence-corrected chi connectivity index (χ2v) is 5.34. The summed E-state index contributed by atoms with van der Waals surface area (Å²) in [6.07, 6.45) is -5.42. The third-order valence-corrected chi connectivity index (χ3v) is 3.50. The van der Waals surface area contributed by atoms with Crippen LogP contribution in [0.15, 0.2) is 18.2 Å². The number of amides is 1. The molecule has 1 amide bonds. The molecule has 0 fully saturated rings. The van der Waals surface area contributed by atoms with Crippen LogP contribution in [0.1, 0.15) is 24.2 Å². The summed E-state index contributed by atoms with van der Waals surface area (Å²) in [4.78, 5) is 20.6. The average Bonchev–Trinajstić information content (AvgIpc) is 2.86. The van der Waals surface area contributed by atoms with Crippen LogP contribution in [-0.2, 0) is 11.2 Å². The number of benzene rings is 1. The zero-order valence-electron chi connectivity index (χ0n) is 12.5. The number of alkyl halides is 3. The van der Waals surface area contributed by atoms with Crippen LogP contribution < -0.4 is 0 Å². The first-order chi connectivity index (χ1) is 10.3. The van der Waals surface area contributed by atoms with Crippen molar-refractivity contribution < 1.29 is 18.0 Å². The molecule has 0 unspecified atom stereocenters. The van der Waals surface area contributed by atoms with Gasteiger partial charge in [0.25, 0.3) is 0 Å². The van der Waals surface area contributed by atoms with E-state index >= 15 is 0 Å². The molecule has 0 saturated heterocycles. The first-order valence-electron chi connectivity index (χ1n) is 7.01. The lowest BCUT2D eigenvalue weighted by Crippen LogP contribution is -2.30. The number of rotatable bonds is 5. The number of carbonyl (C=O) groups is 1. The molecule has 0 aliphatic carbocycles. The predicted molar refractivity (Wildman–Crippen MR) is 77.5 cm³/mol. The van der Waals surface area contributed by atoms with Gasteiger partial charge < -0.3 is 9.88 Å². The number of aromatic nitrogens is 2. The van der Waals surface area contributed by atoms with Crippen molar-refractivity contribution in [2.75, 3.05) is 13.6 Å². The van der Waals surface area contributed by atoms with E-state index in [0.717, 1.165) is 22.4 Å². The normalized spacial score (nSPS) is 11.9. The van der Waals surface area contributed by atoms with E-state index in [-0.39, 0.29) is 0 Å². The maximum absolute atomic E-state index is 12.1. The number of para-hydroxylation sites is 1. The smallest absolute Gasteiger partial charge is 0.345 e. The van der Waals surface area contributed by atoms with Crippen LogP contribution in [0.25, 0.3) is 11.0 Å². The minimum absolute atomic E-state index is 0.329. The quantitative estimate of drug-likeness (QED) is 0.921. The Kier molecular flexibility index (Phi) is 4.73. The van der Waals surface area contributed by atoms with Gasteiger partial charge in [0.2, 0.25) is 5.91 Å². The molecule has 0 aliphatic heterocycles. The number of hydrogen-bond acceptors (Lipinski definition) is 2. The van der Waals surface area contributed by atoms with Gasteiger partial charge in [-0.1, -0.05) is 12.1 Å². The highest BCUT2D eigenvalue weighted by Crippen LogP contribution is 2.21. The van der Waals surface area contributed by atoms with Gasteiger partial charge in [-0.25, -0.2) is 4.98 Å². The van der Waals surface area contributed by atoms with Gasteiger partial charge in [0.15, 0.2) is 0 Å². The summed E-state index contributed by atoms with van der Waals surface area (Å²) in [5.41, 5.74) is 2.85. The van der Waals surface area contributed by atoms with Crippen molar-refractivity contribution in [3.8, 4) is 0 Å². The monoisotopic (exact) mass is 313 g/mol. The zero-order valence-corrected chi connectivity index (χ0v) is 12.5. The molecule has 0 aliphatic rings. The number of carbonyl (C=O) groups excluding carboxylic acids is 1. The molecule has 7 heteroatoms. The van der Waals surface area contributed by atoms with Crippen LogP contribution in [0.2, 0.25) is 0 Å². The molecule has 2 aromatic rings. The van der Waals surface area contributed by atoms with Crippen LogP contribution in [0, 0.1) is 6.92 Å². The standard InChI is InChI=1S/C15H18F3N3O/c1-10-4-3-5-11-14(10)20-12(19-11)7-9-21(2)13(22)6-8-15(16,17)18/h3-5H,6-9H2,1-2H3,(H,19,20). The minimum atomic E-state index is -4.30. The summed E-state index contributed by atoms with van der Waals surface area (Å²) in [6.45, 7) is 2.29. The SMILES string of the molecule is Cc1cccc2[nH]c(CCN(C)C(=O)CCC(F)(F)F)nc12. The molecule has 4 nitrogen and oxygen atoms in total. The summed E-state index contributed by atoms with van der Waals surface area (Å²) < 4.78 is 36.3. The third-order valence-electron chi connectivity index (χ3n) is 3.50. The summed E-state index contributed by atoms with van der Waals surface area (Å²) in [7, 11) is 1.51. The highest BCUT2D eigenvalue weighted by atomic mass is 19.4. The Morgan fingerprint density at radius 1 is 1.36 bits per heavy atom. The second-order valence-electron chi connectivity index (χ2n) is 5.34. The van der Waals surface area contributed by atoms with Crippen LogP contribution in [0.4, 0.5) is 13.2 Å². The van der Waals surface area contributed by atoms with E-state index in [0.29, 0.717) is 13.0 Å². The Labute approximate surface area is 126 Å². The molecule has 22 heavy (non-hydrogen) atoms. The molecule has 0 saturated carbocycles. The lowest BCUT2D eigenvalue weighted by atomic mass is 10.2. The van der Waals surface area contributed by atoms with Gasteiger partial charge in [-0.2, -0.15) is 13.2 Å². The molecule has 0 bridgehead atoms. The zero-order chi connectivity index (χ0) is 16.3. The fraction of sp³-hybridized carbons (Fsp3) is 0.467. The molecular formula is C15H18F3N3O. The number of likely N-dealkylation sites (N-methyl/N-ethyl adjacent to an activating group) is 1. The Morgan fingerprint density at radius 3 is 2.73 bits per heavy atom. The maximum atomic E-state index is 12.1. The van der Waals surface area contributed by atoms with Gasteiger partial charge in [0.1, 0.15) is 5.82 Å². The first-order valence-corrected chi connectivity index (χ1v) is 7.01. The van der Waals surface area contributed by atoms with E-state index < -0.39 is 24.9 Å². The van der Waals surface area contributed by atoms with Crippen molar-refractivity contribution in [3.63, 3.8) is 0 Å². The minimum Gasteiger partial charge on any atom is -0.345 e. The van der Waals surface area contributed by atoms with Crippen LogP contribution in [0.3, 0.4) is 0 Å². The number of H-pyrrole nitrogens is 1. The lowest BCUT2D eigenvalue weighted by molar-refractivity contribution is -0.148. The summed E-state index contributed by atoms with van der Waals surface area (Å²) >= 11 is 0. The van der Waals surface area contributed by atoms with E-state index in [1.807, 2.05) is 25.1 Å². The number of aryl methyl sites for hydroxylation is 1. The second kappa shape index (κ2) is 6.37. The van der Waals surface area contributed by atoms with Gasteiger partial charge in [0, 0.05) is 26.4 Å². The number of hydrogen-bond donors (Lipinski definition) is 1. The van der Waals surface area contributed by atoms with Gasteiger partial charge in [-0.05, 0) is 18.6 Å².